The van der Waals surface area contributed by atoms with Crippen LogP contribution in [0.15, 0.2) is 44.2 Å². The van der Waals surface area contributed by atoms with Gasteiger partial charge in [-0.05, 0) is 30.7 Å². The van der Waals surface area contributed by atoms with Crippen molar-refractivity contribution in [3.63, 3.8) is 0 Å². The molecule has 0 atom stereocenters. The Bertz CT molecular complexity index is 865. The van der Waals surface area contributed by atoms with Gasteiger partial charge in [0.2, 0.25) is 15.7 Å². The molecule has 23 heavy (non-hydrogen) atoms. The van der Waals surface area contributed by atoms with Gasteiger partial charge in [-0.2, -0.15) is 0 Å². The van der Waals surface area contributed by atoms with Gasteiger partial charge in [0.1, 0.15) is 0 Å². The summed E-state index contributed by atoms with van der Waals surface area (Å²) in [6, 6.07) is 6.98. The topological polar surface area (TPSA) is 73.1 Å². The molecule has 120 valence electrons. The maximum absolute atomic E-state index is 12.1. The van der Waals surface area contributed by atoms with Crippen molar-refractivity contribution in [1.29, 1.82) is 0 Å². The number of nitrogens with zero attached hydrogens (tertiary/aromatic N) is 2. The first-order valence-electron chi connectivity index (χ1n) is 7.71. The molecule has 0 N–H and O–H groups in total. The summed E-state index contributed by atoms with van der Waals surface area (Å²) in [4.78, 5) is 0.981. The van der Waals surface area contributed by atoms with Gasteiger partial charge in [0, 0.05) is 16.4 Å². The van der Waals surface area contributed by atoms with E-state index in [-0.39, 0.29) is 0 Å². The Morgan fingerprint density at radius 1 is 1.09 bits per heavy atom. The standard InChI is InChI=1S/C16H16N2O3S2/c19-23(20)10-13(12-8-4-5-9-14(12)23)22-16-18-17-15(21-16)11-6-2-1-3-7-11/h4-5,8-11H,1-3,6-7H2. The summed E-state index contributed by atoms with van der Waals surface area (Å²) in [5.41, 5.74) is 0.704. The maximum Gasteiger partial charge on any atom is 0.281 e. The van der Waals surface area contributed by atoms with E-state index in [0.29, 0.717) is 32.4 Å². The molecule has 0 amide bonds. The zero-order chi connectivity index (χ0) is 15.9. The van der Waals surface area contributed by atoms with E-state index in [9.17, 15) is 8.42 Å². The van der Waals surface area contributed by atoms with Gasteiger partial charge in [0.25, 0.3) is 5.22 Å². The van der Waals surface area contributed by atoms with Crippen LogP contribution in [0, 0.1) is 0 Å². The number of rotatable bonds is 3. The van der Waals surface area contributed by atoms with Crippen LogP contribution in [-0.4, -0.2) is 18.6 Å². The van der Waals surface area contributed by atoms with E-state index in [1.54, 1.807) is 18.2 Å². The Morgan fingerprint density at radius 2 is 1.87 bits per heavy atom. The lowest BCUT2D eigenvalue weighted by Crippen LogP contribution is -2.04. The molecule has 1 aliphatic heterocycles. The van der Waals surface area contributed by atoms with Crippen LogP contribution in [0.4, 0.5) is 0 Å². The monoisotopic (exact) mass is 348 g/mol. The molecule has 1 saturated carbocycles. The summed E-state index contributed by atoms with van der Waals surface area (Å²) in [5.74, 6) is 1.03. The average Bonchev–Trinajstić information content (AvgIpc) is 3.12. The number of hydrogen-bond donors (Lipinski definition) is 0. The smallest absolute Gasteiger partial charge is 0.281 e. The molecule has 0 unspecified atom stereocenters. The van der Waals surface area contributed by atoms with Crippen LogP contribution in [0.1, 0.15) is 49.5 Å². The predicted octanol–water partition coefficient (Wildman–Crippen LogP) is 4.00. The lowest BCUT2D eigenvalue weighted by Gasteiger charge is -2.17. The molecule has 2 aliphatic rings. The fraction of sp³-hybridized carbons (Fsp3) is 0.375. The molecule has 1 fully saturated rings. The molecule has 2 heterocycles. The number of sulfone groups is 1. The highest BCUT2D eigenvalue weighted by Crippen LogP contribution is 2.43. The van der Waals surface area contributed by atoms with Gasteiger partial charge in [-0.1, -0.05) is 37.5 Å². The van der Waals surface area contributed by atoms with Crippen LogP contribution in [0.5, 0.6) is 0 Å². The first kappa shape index (κ1) is 15.0. The largest absolute Gasteiger partial charge is 0.415 e. The highest BCUT2D eigenvalue weighted by Gasteiger charge is 2.29. The molecule has 1 aliphatic carbocycles. The first-order valence-corrected chi connectivity index (χ1v) is 10.1. The molecule has 0 radical (unpaired) electrons. The van der Waals surface area contributed by atoms with Crippen molar-refractivity contribution >= 4 is 26.5 Å². The summed E-state index contributed by atoms with van der Waals surface area (Å²) in [6.45, 7) is 0. The van der Waals surface area contributed by atoms with Crippen molar-refractivity contribution in [3.8, 4) is 0 Å². The van der Waals surface area contributed by atoms with E-state index in [1.807, 2.05) is 6.07 Å². The molecular weight excluding hydrogens is 332 g/mol. The fourth-order valence-electron chi connectivity index (χ4n) is 3.14. The number of thioether (sulfide) groups is 1. The molecule has 7 heteroatoms. The molecule has 1 aromatic heterocycles. The van der Waals surface area contributed by atoms with Crippen LogP contribution >= 0.6 is 11.8 Å². The Hall–Kier alpha value is -1.60. The molecular formula is C16H16N2O3S2. The Labute approximate surface area is 139 Å². The lowest BCUT2D eigenvalue weighted by atomic mass is 9.89. The molecule has 0 saturated heterocycles. The predicted molar refractivity (Wildman–Crippen MR) is 87.6 cm³/mol. The summed E-state index contributed by atoms with van der Waals surface area (Å²) < 4.78 is 30.1. The van der Waals surface area contributed by atoms with Gasteiger partial charge in [-0.25, -0.2) is 8.42 Å². The highest BCUT2D eigenvalue weighted by atomic mass is 32.2. The van der Waals surface area contributed by atoms with Gasteiger partial charge in [0.05, 0.1) is 10.3 Å². The molecule has 4 rings (SSSR count). The minimum Gasteiger partial charge on any atom is -0.415 e. The van der Waals surface area contributed by atoms with Gasteiger partial charge < -0.3 is 4.42 Å². The van der Waals surface area contributed by atoms with Crippen LogP contribution in [0.2, 0.25) is 0 Å². The van der Waals surface area contributed by atoms with Gasteiger partial charge in [0.15, 0.2) is 0 Å². The normalized spacial score (nSPS) is 20.3. The second kappa shape index (κ2) is 5.79. The Morgan fingerprint density at radius 3 is 2.70 bits per heavy atom. The van der Waals surface area contributed by atoms with E-state index in [2.05, 4.69) is 10.2 Å². The third-order valence-corrected chi connectivity index (χ3v) is 6.86. The van der Waals surface area contributed by atoms with E-state index in [1.165, 1.54) is 36.4 Å². The maximum atomic E-state index is 12.1. The molecule has 1 aromatic carbocycles. The van der Waals surface area contributed by atoms with Crippen molar-refractivity contribution < 1.29 is 12.8 Å². The summed E-state index contributed by atoms with van der Waals surface area (Å²) in [6.07, 6.45) is 5.85. The van der Waals surface area contributed by atoms with Gasteiger partial charge >= 0.3 is 0 Å². The van der Waals surface area contributed by atoms with Crippen LogP contribution < -0.4 is 0 Å². The van der Waals surface area contributed by atoms with E-state index >= 15 is 0 Å². The molecule has 2 aromatic rings. The van der Waals surface area contributed by atoms with Crippen LogP contribution in [0.25, 0.3) is 4.91 Å². The van der Waals surface area contributed by atoms with E-state index in [0.717, 1.165) is 12.8 Å². The minimum absolute atomic E-state index is 0.342. The van der Waals surface area contributed by atoms with Crippen molar-refractivity contribution in [1.82, 2.24) is 10.2 Å². The van der Waals surface area contributed by atoms with E-state index in [4.69, 9.17) is 4.42 Å². The third-order valence-electron chi connectivity index (χ3n) is 4.30. The number of aromatic nitrogens is 2. The summed E-state index contributed by atoms with van der Waals surface area (Å²) >= 11 is 1.22. The van der Waals surface area contributed by atoms with Crippen molar-refractivity contribution in [2.24, 2.45) is 0 Å². The summed E-state index contributed by atoms with van der Waals surface area (Å²) in [5, 5.41) is 9.94. The van der Waals surface area contributed by atoms with Crippen molar-refractivity contribution in [3.05, 3.63) is 41.1 Å². The van der Waals surface area contributed by atoms with E-state index < -0.39 is 9.84 Å². The number of fused-ring (bicyclic) bond motifs is 1. The minimum atomic E-state index is -3.36. The van der Waals surface area contributed by atoms with Gasteiger partial charge in [-0.15, -0.1) is 10.2 Å². The average molecular weight is 348 g/mol. The van der Waals surface area contributed by atoms with Crippen LogP contribution in [-0.2, 0) is 9.84 Å². The van der Waals surface area contributed by atoms with Gasteiger partial charge in [-0.3, -0.25) is 0 Å². The zero-order valence-electron chi connectivity index (χ0n) is 12.4. The fourth-order valence-corrected chi connectivity index (χ4v) is 5.75. The Kier molecular flexibility index (Phi) is 3.77. The second-order valence-corrected chi connectivity index (χ2v) is 8.63. The molecule has 0 bridgehead atoms. The lowest BCUT2D eigenvalue weighted by molar-refractivity contribution is 0.335. The SMILES string of the molecule is O=S1(=O)C=C(Sc2nnc(C3CCCCC3)o2)c2ccccc21. The number of benzene rings is 1. The second-order valence-electron chi connectivity index (χ2n) is 5.87. The summed E-state index contributed by atoms with van der Waals surface area (Å²) in [7, 11) is -3.36. The molecule has 5 nitrogen and oxygen atoms in total. The first-order chi connectivity index (χ1) is 11.1. The van der Waals surface area contributed by atoms with Crippen molar-refractivity contribution in [2.45, 2.75) is 48.1 Å². The van der Waals surface area contributed by atoms with Crippen LogP contribution in [0.3, 0.4) is 0 Å². The number of hydrogen-bond acceptors (Lipinski definition) is 6. The zero-order valence-corrected chi connectivity index (χ0v) is 14.1. The van der Waals surface area contributed by atoms with Crippen molar-refractivity contribution in [2.75, 3.05) is 0 Å². The Balaban J connectivity index is 1.59. The molecule has 0 spiro atoms. The quantitative estimate of drug-likeness (QED) is 0.835. The third kappa shape index (κ3) is 2.83. The highest BCUT2D eigenvalue weighted by molar-refractivity contribution is 8.09.